The molecular weight excluding hydrogens is 388 g/mol. The third-order valence-electron chi connectivity index (χ3n) is 5.86. The second-order valence-electron chi connectivity index (χ2n) is 7.63. The van der Waals surface area contributed by atoms with E-state index >= 15 is 0 Å². The molecule has 0 unspecified atom stereocenters. The largest absolute Gasteiger partial charge is 0.206 e. The monoisotopic (exact) mass is 410 g/mol. The summed E-state index contributed by atoms with van der Waals surface area (Å²) < 4.78 is 58.1. The lowest BCUT2D eigenvalue weighted by atomic mass is 9.85. The van der Waals surface area contributed by atoms with Gasteiger partial charge in [-0.15, -0.1) is 0 Å². The van der Waals surface area contributed by atoms with Crippen LogP contribution in [-0.2, 0) is 25.7 Å². The highest BCUT2D eigenvalue weighted by molar-refractivity contribution is 5.74. The first-order valence-corrected chi connectivity index (χ1v) is 10.2. The van der Waals surface area contributed by atoms with Gasteiger partial charge in [0.05, 0.1) is 0 Å². The molecule has 30 heavy (non-hydrogen) atoms. The average molecular weight is 410 g/mol. The lowest BCUT2D eigenvalue weighted by Gasteiger charge is -2.20. The van der Waals surface area contributed by atoms with Crippen LogP contribution in [0.2, 0.25) is 0 Å². The number of allylic oxidation sites excluding steroid dienone is 2. The van der Waals surface area contributed by atoms with Gasteiger partial charge in [-0.3, -0.25) is 0 Å². The van der Waals surface area contributed by atoms with Crippen molar-refractivity contribution in [1.29, 1.82) is 0 Å². The maximum atomic E-state index is 14.9. The Morgan fingerprint density at radius 3 is 2.13 bits per heavy atom. The molecule has 3 aromatic carbocycles. The average Bonchev–Trinajstić information content (AvgIpc) is 2.75. The quantitative estimate of drug-likeness (QED) is 0.399. The molecule has 1 aliphatic carbocycles. The number of hydrogen-bond donors (Lipinski definition) is 0. The van der Waals surface area contributed by atoms with Crippen LogP contribution < -0.4 is 0 Å². The van der Waals surface area contributed by atoms with Crippen molar-refractivity contribution in [3.63, 3.8) is 0 Å². The number of fused-ring (bicyclic) bond motifs is 1. The van der Waals surface area contributed by atoms with E-state index in [9.17, 15) is 17.6 Å². The second kappa shape index (κ2) is 8.10. The van der Waals surface area contributed by atoms with Gasteiger partial charge in [-0.2, -0.15) is 0 Å². The lowest BCUT2D eigenvalue weighted by Crippen LogP contribution is -2.06. The van der Waals surface area contributed by atoms with Gasteiger partial charge < -0.3 is 0 Å². The number of aryl methyl sites for hydroxylation is 2. The summed E-state index contributed by atoms with van der Waals surface area (Å²) in [5, 5.41) is 0. The van der Waals surface area contributed by atoms with E-state index in [1.807, 2.05) is 19.1 Å². The second-order valence-corrected chi connectivity index (χ2v) is 7.63. The molecule has 0 saturated heterocycles. The third-order valence-corrected chi connectivity index (χ3v) is 5.86. The van der Waals surface area contributed by atoms with E-state index in [-0.39, 0.29) is 22.5 Å². The van der Waals surface area contributed by atoms with Crippen LogP contribution in [0.3, 0.4) is 0 Å². The maximum absolute atomic E-state index is 14.9. The van der Waals surface area contributed by atoms with Crippen molar-refractivity contribution in [1.82, 2.24) is 0 Å². The van der Waals surface area contributed by atoms with E-state index in [0.717, 1.165) is 28.7 Å². The van der Waals surface area contributed by atoms with E-state index in [1.54, 1.807) is 19.1 Å². The van der Waals surface area contributed by atoms with Gasteiger partial charge in [0.2, 0.25) is 0 Å². The minimum absolute atomic E-state index is 0.0446. The van der Waals surface area contributed by atoms with E-state index in [2.05, 4.69) is 0 Å². The van der Waals surface area contributed by atoms with E-state index in [1.165, 1.54) is 24.3 Å². The highest BCUT2D eigenvalue weighted by Crippen LogP contribution is 2.35. The van der Waals surface area contributed by atoms with Gasteiger partial charge in [0, 0.05) is 16.7 Å². The van der Waals surface area contributed by atoms with Crippen LogP contribution >= 0.6 is 0 Å². The minimum Gasteiger partial charge on any atom is -0.206 e. The fourth-order valence-corrected chi connectivity index (χ4v) is 4.05. The van der Waals surface area contributed by atoms with Crippen molar-refractivity contribution in [3.8, 4) is 11.1 Å². The summed E-state index contributed by atoms with van der Waals surface area (Å²) in [6.45, 7) is 3.70. The summed E-state index contributed by atoms with van der Waals surface area (Å²) in [4.78, 5) is 0. The van der Waals surface area contributed by atoms with Crippen LogP contribution in [0.25, 0.3) is 16.7 Å². The van der Waals surface area contributed by atoms with E-state index in [0.29, 0.717) is 24.8 Å². The fourth-order valence-electron chi connectivity index (χ4n) is 4.05. The van der Waals surface area contributed by atoms with Gasteiger partial charge in [-0.1, -0.05) is 44.2 Å². The van der Waals surface area contributed by atoms with Gasteiger partial charge in [0.15, 0.2) is 11.6 Å². The van der Waals surface area contributed by atoms with Crippen molar-refractivity contribution in [2.45, 2.75) is 39.5 Å². The number of benzene rings is 3. The molecule has 0 amide bonds. The van der Waals surface area contributed by atoms with Gasteiger partial charge in [-0.25, -0.2) is 17.6 Å². The Morgan fingerprint density at radius 2 is 1.43 bits per heavy atom. The van der Waals surface area contributed by atoms with Crippen LogP contribution in [-0.4, -0.2) is 0 Å². The Hall–Kier alpha value is -2.88. The van der Waals surface area contributed by atoms with Crippen LogP contribution in [0, 0.1) is 23.3 Å². The summed E-state index contributed by atoms with van der Waals surface area (Å²) in [6.07, 6.45) is 3.90. The van der Waals surface area contributed by atoms with Gasteiger partial charge in [-0.05, 0) is 71.7 Å². The van der Waals surface area contributed by atoms with Crippen molar-refractivity contribution in [2.24, 2.45) is 0 Å². The summed E-state index contributed by atoms with van der Waals surface area (Å²) in [6, 6.07) is 11.1. The molecule has 0 heterocycles. The zero-order valence-electron chi connectivity index (χ0n) is 17.0. The first kappa shape index (κ1) is 20.4. The standard InChI is InChI=1S/C26H22F4/c1-3-15-5-9-20(23(27)11-15)18-7-6-17-13-22(24(28)14-19(17)12-18)21-10-8-16(4-2)25(29)26(21)30/h5,7-11,13-14H,3-4,6,12H2,1-2H3. The van der Waals surface area contributed by atoms with Crippen LogP contribution in [0.4, 0.5) is 17.6 Å². The Balaban J connectivity index is 1.70. The Labute approximate surface area is 173 Å². The predicted octanol–water partition coefficient (Wildman–Crippen LogP) is 7.22. The molecule has 0 spiro atoms. The molecule has 3 aromatic rings. The summed E-state index contributed by atoms with van der Waals surface area (Å²) in [5.74, 6) is -2.85. The lowest BCUT2D eigenvalue weighted by molar-refractivity contribution is 0.501. The molecular formula is C26H22F4. The van der Waals surface area contributed by atoms with Crippen molar-refractivity contribution >= 4 is 5.57 Å². The first-order valence-electron chi connectivity index (χ1n) is 10.2. The molecule has 0 fully saturated rings. The van der Waals surface area contributed by atoms with Gasteiger partial charge in [0.1, 0.15) is 11.6 Å². The van der Waals surface area contributed by atoms with Crippen molar-refractivity contribution < 1.29 is 17.6 Å². The van der Waals surface area contributed by atoms with Crippen molar-refractivity contribution in [3.05, 3.63) is 99.6 Å². The Kier molecular flexibility index (Phi) is 5.50. The summed E-state index contributed by atoms with van der Waals surface area (Å²) in [5.41, 5.74) is 4.04. The normalized spacial score (nSPS) is 13.2. The first-order chi connectivity index (χ1) is 14.4. The van der Waals surface area contributed by atoms with Crippen molar-refractivity contribution in [2.75, 3.05) is 0 Å². The Bertz CT molecular complexity index is 1160. The highest BCUT2D eigenvalue weighted by Gasteiger charge is 2.21. The zero-order chi connectivity index (χ0) is 21.4. The molecule has 0 saturated carbocycles. The maximum Gasteiger partial charge on any atom is 0.167 e. The molecule has 4 rings (SSSR count). The molecule has 1 aliphatic rings. The van der Waals surface area contributed by atoms with E-state index in [4.69, 9.17) is 0 Å². The van der Waals surface area contributed by atoms with Crippen LogP contribution in [0.1, 0.15) is 41.7 Å². The zero-order valence-corrected chi connectivity index (χ0v) is 17.0. The Morgan fingerprint density at radius 1 is 0.700 bits per heavy atom. The number of hydrogen-bond acceptors (Lipinski definition) is 0. The molecule has 154 valence electrons. The summed E-state index contributed by atoms with van der Waals surface area (Å²) in [7, 11) is 0. The number of halogens is 4. The molecule has 0 N–H and O–H groups in total. The molecule has 0 aliphatic heterocycles. The fraction of sp³-hybridized carbons (Fsp3) is 0.231. The van der Waals surface area contributed by atoms with Crippen LogP contribution in [0.5, 0.6) is 0 Å². The third kappa shape index (κ3) is 3.55. The molecule has 4 heteroatoms. The highest BCUT2D eigenvalue weighted by atomic mass is 19.2. The van der Waals surface area contributed by atoms with Gasteiger partial charge in [0.25, 0.3) is 0 Å². The minimum atomic E-state index is -1.03. The molecule has 0 radical (unpaired) electrons. The molecule has 0 bridgehead atoms. The smallest absolute Gasteiger partial charge is 0.167 e. The van der Waals surface area contributed by atoms with E-state index < -0.39 is 17.5 Å². The molecule has 0 nitrogen and oxygen atoms in total. The SMILES string of the molecule is CCc1ccc(C2=CCc3cc(-c4ccc(CC)c(F)c4F)c(F)cc3C2)c(F)c1. The number of rotatable bonds is 4. The molecule has 0 atom stereocenters. The topological polar surface area (TPSA) is 0 Å². The van der Waals surface area contributed by atoms with Gasteiger partial charge >= 0.3 is 0 Å². The predicted molar refractivity (Wildman–Crippen MR) is 112 cm³/mol. The summed E-state index contributed by atoms with van der Waals surface area (Å²) >= 11 is 0. The van der Waals surface area contributed by atoms with Crippen LogP contribution in [0.15, 0.2) is 48.5 Å². The molecule has 0 aromatic heterocycles.